The van der Waals surface area contributed by atoms with Crippen LogP contribution in [0.4, 0.5) is 0 Å². The van der Waals surface area contributed by atoms with Gasteiger partial charge in [-0.2, -0.15) is 0 Å². The second-order valence-corrected chi connectivity index (χ2v) is 7.83. The lowest BCUT2D eigenvalue weighted by molar-refractivity contribution is 0.600. The van der Waals surface area contributed by atoms with Crippen molar-refractivity contribution in [1.29, 1.82) is 5.41 Å². The summed E-state index contributed by atoms with van der Waals surface area (Å²) in [4.78, 5) is 4.37. The second-order valence-electron chi connectivity index (χ2n) is 7.83. The first-order chi connectivity index (χ1) is 14.7. The fraction of sp³-hybridized carbons (Fsp3) is 0.750. The normalized spacial score (nSPS) is 12.1. The summed E-state index contributed by atoms with van der Waals surface area (Å²) in [6.07, 6.45) is 26.2. The molecule has 0 unspecified atom stereocenters. The molecule has 0 rings (SSSR count). The van der Waals surface area contributed by atoms with Crippen molar-refractivity contribution >= 4 is 11.9 Å². The summed E-state index contributed by atoms with van der Waals surface area (Å²) in [7, 11) is 0. The van der Waals surface area contributed by atoms with Crippen molar-refractivity contribution in [3.8, 4) is 0 Å². The Balaban J connectivity index is 3.33. The van der Waals surface area contributed by atoms with Gasteiger partial charge in [-0.3, -0.25) is 10.4 Å². The van der Waals surface area contributed by atoms with E-state index < -0.39 is 0 Å². The third-order valence-electron chi connectivity index (χ3n) is 4.87. The lowest BCUT2D eigenvalue weighted by Gasteiger charge is -2.06. The molecule has 7 N–H and O–H groups in total. The van der Waals surface area contributed by atoms with Crippen molar-refractivity contribution in [2.75, 3.05) is 19.6 Å². The molecule has 0 atom stereocenters. The molecule has 0 saturated carbocycles. The molecule has 0 aliphatic heterocycles. The van der Waals surface area contributed by atoms with Crippen molar-refractivity contribution in [2.45, 2.75) is 96.8 Å². The van der Waals surface area contributed by atoms with Gasteiger partial charge in [0.15, 0.2) is 11.9 Å². The van der Waals surface area contributed by atoms with Gasteiger partial charge in [-0.15, -0.1) is 0 Å². The van der Waals surface area contributed by atoms with Crippen LogP contribution < -0.4 is 22.1 Å². The number of hydrogen-bond donors (Lipinski definition) is 5. The van der Waals surface area contributed by atoms with Crippen LogP contribution in [0.5, 0.6) is 0 Å². The lowest BCUT2D eigenvalue weighted by atomic mass is 10.1. The molecule has 0 aliphatic carbocycles. The average Bonchev–Trinajstić information content (AvgIpc) is 2.72. The van der Waals surface area contributed by atoms with E-state index in [0.29, 0.717) is 5.96 Å². The highest BCUT2D eigenvalue weighted by Crippen LogP contribution is 2.08. The first-order valence-electron chi connectivity index (χ1n) is 12.1. The Morgan fingerprint density at radius 2 is 1.30 bits per heavy atom. The molecular weight excluding hydrogens is 372 g/mol. The molecule has 0 radical (unpaired) electrons. The van der Waals surface area contributed by atoms with E-state index in [-0.39, 0.29) is 5.96 Å². The van der Waals surface area contributed by atoms with Crippen LogP contribution >= 0.6 is 0 Å². The lowest BCUT2D eigenvalue weighted by Crippen LogP contribution is -2.34. The maximum atomic E-state index is 7.06. The monoisotopic (exact) mass is 420 g/mol. The summed E-state index contributed by atoms with van der Waals surface area (Å²) < 4.78 is 0. The molecule has 6 heteroatoms. The van der Waals surface area contributed by atoms with Gasteiger partial charge in [-0.1, -0.05) is 69.8 Å². The van der Waals surface area contributed by atoms with Crippen LogP contribution in [0, 0.1) is 5.41 Å². The van der Waals surface area contributed by atoms with Crippen LogP contribution in [0.2, 0.25) is 0 Å². The third-order valence-corrected chi connectivity index (χ3v) is 4.87. The Morgan fingerprint density at radius 1 is 0.733 bits per heavy atom. The summed E-state index contributed by atoms with van der Waals surface area (Å²) in [6, 6.07) is 0. The number of guanidine groups is 2. The zero-order chi connectivity index (χ0) is 22.1. The van der Waals surface area contributed by atoms with Crippen LogP contribution in [0.15, 0.2) is 29.3 Å². The molecule has 0 spiro atoms. The van der Waals surface area contributed by atoms with Gasteiger partial charge in [0.2, 0.25) is 0 Å². The molecule has 174 valence electrons. The quantitative estimate of drug-likeness (QED) is 0.0828. The predicted octanol–water partition coefficient (Wildman–Crippen LogP) is 4.97. The summed E-state index contributed by atoms with van der Waals surface area (Å²) in [5, 5.41) is 13.0. The first kappa shape index (κ1) is 28.0. The smallest absolute Gasteiger partial charge is 0.188 e. The van der Waals surface area contributed by atoms with E-state index in [1.807, 2.05) is 0 Å². The average molecular weight is 421 g/mol. The van der Waals surface area contributed by atoms with E-state index in [2.05, 4.69) is 46.9 Å². The van der Waals surface area contributed by atoms with Crippen LogP contribution in [0.1, 0.15) is 96.8 Å². The summed E-state index contributed by atoms with van der Waals surface area (Å²) in [5.41, 5.74) is 11.1. The highest BCUT2D eigenvalue weighted by Gasteiger charge is 1.94. The summed E-state index contributed by atoms with van der Waals surface area (Å²) >= 11 is 0. The standard InChI is InChI=1S/C24H48N6/c1-2-3-4-5-6-7-8-9-10-11-12-13-14-15-16-17-21-29-24(27)30-22-19-18-20-28-23(25)26/h6-7,9-10H,2-5,8,11-22H2,1H3,(H4,25,26,28)(H3,27,29,30)/b7-6-,10-9-. The zero-order valence-electron chi connectivity index (χ0n) is 19.4. The Labute approximate surface area is 185 Å². The van der Waals surface area contributed by atoms with E-state index >= 15 is 0 Å². The van der Waals surface area contributed by atoms with Gasteiger partial charge >= 0.3 is 0 Å². The molecular formula is C24H48N6. The topological polar surface area (TPSA) is 112 Å². The van der Waals surface area contributed by atoms with Crippen LogP contribution in [-0.2, 0) is 0 Å². The number of aliphatic imine (C=N–C) groups is 1. The minimum Gasteiger partial charge on any atom is -0.370 e. The van der Waals surface area contributed by atoms with Gasteiger partial charge < -0.3 is 22.1 Å². The number of nitrogens with two attached hydrogens (primary N) is 2. The van der Waals surface area contributed by atoms with E-state index in [9.17, 15) is 0 Å². The predicted molar refractivity (Wildman–Crippen MR) is 133 cm³/mol. The number of allylic oxidation sites excluding steroid dienone is 4. The van der Waals surface area contributed by atoms with E-state index in [1.54, 1.807) is 0 Å². The molecule has 0 aliphatic rings. The number of unbranched alkanes of at least 4 members (excludes halogenated alkanes) is 10. The molecule has 0 bridgehead atoms. The van der Waals surface area contributed by atoms with Crippen LogP contribution in [-0.4, -0.2) is 31.6 Å². The fourth-order valence-electron chi connectivity index (χ4n) is 3.04. The third kappa shape index (κ3) is 24.1. The zero-order valence-corrected chi connectivity index (χ0v) is 19.4. The summed E-state index contributed by atoms with van der Waals surface area (Å²) in [5.74, 6) is 0.564. The molecule has 0 aromatic heterocycles. The Hall–Kier alpha value is -1.98. The van der Waals surface area contributed by atoms with Crippen molar-refractivity contribution in [1.82, 2.24) is 10.6 Å². The maximum Gasteiger partial charge on any atom is 0.188 e. The van der Waals surface area contributed by atoms with Crippen molar-refractivity contribution in [3.63, 3.8) is 0 Å². The number of nitrogens with zero attached hydrogens (tertiary/aromatic N) is 1. The molecule has 0 amide bonds. The highest BCUT2D eigenvalue weighted by molar-refractivity contribution is 5.77. The van der Waals surface area contributed by atoms with E-state index in [4.69, 9.17) is 16.9 Å². The Morgan fingerprint density at radius 3 is 1.93 bits per heavy atom. The van der Waals surface area contributed by atoms with Crippen LogP contribution in [0.3, 0.4) is 0 Å². The molecule has 0 fully saturated rings. The van der Waals surface area contributed by atoms with Gasteiger partial charge in [0.1, 0.15) is 0 Å². The molecule has 6 nitrogen and oxygen atoms in total. The van der Waals surface area contributed by atoms with Gasteiger partial charge in [0.05, 0.1) is 0 Å². The minimum absolute atomic E-state index is 0.0253. The van der Waals surface area contributed by atoms with E-state index in [1.165, 1.54) is 64.2 Å². The van der Waals surface area contributed by atoms with Crippen molar-refractivity contribution < 1.29 is 0 Å². The van der Waals surface area contributed by atoms with Gasteiger partial charge in [0.25, 0.3) is 0 Å². The maximum absolute atomic E-state index is 7.06. The Kier molecular flexibility index (Phi) is 21.8. The number of nitrogens with one attached hydrogen (secondary N) is 3. The summed E-state index contributed by atoms with van der Waals surface area (Å²) in [6.45, 7) is 4.58. The van der Waals surface area contributed by atoms with Crippen molar-refractivity contribution in [3.05, 3.63) is 24.3 Å². The molecule has 0 heterocycles. The second kappa shape index (κ2) is 23.3. The first-order valence-corrected chi connectivity index (χ1v) is 12.1. The van der Waals surface area contributed by atoms with Crippen LogP contribution in [0.25, 0.3) is 0 Å². The SMILES string of the molecule is CCCCC/C=C\C/C=C\CCCCCCCCN=C(N)NCCCCNC(=N)N. The van der Waals surface area contributed by atoms with Gasteiger partial charge in [0, 0.05) is 19.6 Å². The number of hydrogen-bond acceptors (Lipinski definition) is 2. The largest absolute Gasteiger partial charge is 0.370 e. The van der Waals surface area contributed by atoms with Crippen molar-refractivity contribution in [2.24, 2.45) is 16.5 Å². The highest BCUT2D eigenvalue weighted by atomic mass is 15.1. The minimum atomic E-state index is 0.0253. The van der Waals surface area contributed by atoms with E-state index in [0.717, 1.165) is 45.3 Å². The molecule has 0 saturated heterocycles. The Bertz CT molecular complexity index is 470. The number of rotatable bonds is 20. The van der Waals surface area contributed by atoms with Gasteiger partial charge in [-0.25, -0.2) is 0 Å². The fourth-order valence-corrected chi connectivity index (χ4v) is 3.04. The van der Waals surface area contributed by atoms with Gasteiger partial charge in [-0.05, 0) is 51.4 Å². The molecule has 0 aromatic carbocycles. The molecule has 0 aromatic rings. The molecule has 30 heavy (non-hydrogen) atoms.